The van der Waals surface area contributed by atoms with E-state index in [0.29, 0.717) is 24.1 Å². The second-order valence-electron chi connectivity index (χ2n) is 14.7. The van der Waals surface area contributed by atoms with Crippen LogP contribution in [0.1, 0.15) is 41.9 Å². The molecule has 300 valence electrons. The van der Waals surface area contributed by atoms with E-state index in [1.807, 2.05) is 24.3 Å². The Labute approximate surface area is 324 Å². The van der Waals surface area contributed by atoms with Crippen molar-refractivity contribution in [2.24, 2.45) is 27.8 Å². The number of rotatable bonds is 10. The number of carboxylic acids is 1. The van der Waals surface area contributed by atoms with Crippen molar-refractivity contribution in [3.8, 4) is 34.3 Å². The van der Waals surface area contributed by atoms with E-state index in [2.05, 4.69) is 16.4 Å². The van der Waals surface area contributed by atoms with Crippen molar-refractivity contribution in [3.63, 3.8) is 0 Å². The normalized spacial score (nSPS) is 28.1. The highest BCUT2D eigenvalue weighted by atomic mass is 16.7. The molecule has 3 aromatic carbocycles. The minimum absolute atomic E-state index is 0.0365. The molecule has 2 fully saturated rings. The number of nitrogens with one attached hydrogen (secondary N) is 1. The molecule has 0 amide bonds. The van der Waals surface area contributed by atoms with Crippen molar-refractivity contribution in [2.45, 2.75) is 55.4 Å². The summed E-state index contributed by atoms with van der Waals surface area (Å²) in [5.41, 5.74) is 9.58. The number of hydrogen-bond acceptors (Lipinski definition) is 14. The minimum atomic E-state index is -2.75. The number of fused-ring (bicyclic) bond motifs is 4. The summed E-state index contributed by atoms with van der Waals surface area (Å²) in [4.78, 5) is 42.4. The van der Waals surface area contributed by atoms with Crippen LogP contribution in [0.5, 0.6) is 23.0 Å². The molecule has 1 aromatic heterocycles. The third-order valence-corrected chi connectivity index (χ3v) is 11.3. The number of aliphatic hydroxyl groups excluding tert-OH is 2. The lowest BCUT2D eigenvalue weighted by molar-refractivity contribution is -0.303. The van der Waals surface area contributed by atoms with Crippen LogP contribution in [0.25, 0.3) is 33.9 Å². The summed E-state index contributed by atoms with van der Waals surface area (Å²) in [7, 11) is 1.78. The molecule has 17 nitrogen and oxygen atoms in total. The molecular weight excluding hydrogens is 744 g/mol. The number of carboxylic acid groups (broad SMARTS) is 1. The standard InChI is InChI=1S/C40H42N4O13/c1-43-15-39(17-45)10-4-7-22-20-6-3-2-5-18(20)11-24(30(22)39)23-12-19(46)8-9-21(23)26-13-25(47)29-27(55-26)14-28(31(48)32(29)49)56-37-35(51)40(54,16-44-38(41)42)34(50)33(57-37)36(52)53/h2-3,5-6,8-9,11-14,17,22,30,33-35,37,43,46,48-51,54H,4,7,10,15-16H2,1H3,(H,52,53)(H4,41,42,44)/t22-,30+,33-,34+,35-,37-,39+,40-/m0/s1. The number of phenols is 3. The van der Waals surface area contributed by atoms with Crippen molar-refractivity contribution >= 4 is 40.8 Å². The van der Waals surface area contributed by atoms with E-state index in [1.54, 1.807) is 13.1 Å². The van der Waals surface area contributed by atoms with Crippen molar-refractivity contribution in [2.75, 3.05) is 20.1 Å². The summed E-state index contributed by atoms with van der Waals surface area (Å²) < 4.78 is 17.1. The molecule has 0 bridgehead atoms. The average Bonchev–Trinajstić information content (AvgIpc) is 3.18. The number of carbonyl (C=O) groups excluding carboxylic acids is 1. The van der Waals surface area contributed by atoms with Crippen LogP contribution >= 0.6 is 0 Å². The topological polar surface area (TPSA) is 301 Å². The van der Waals surface area contributed by atoms with E-state index in [9.17, 15) is 50.1 Å². The number of nitrogens with two attached hydrogens (primary N) is 2. The number of guanidine groups is 1. The van der Waals surface area contributed by atoms with E-state index in [1.165, 1.54) is 12.1 Å². The number of allylic oxidation sites excluding steroid dienone is 1. The van der Waals surface area contributed by atoms with Gasteiger partial charge in [0, 0.05) is 35.6 Å². The van der Waals surface area contributed by atoms with Crippen LogP contribution in [-0.4, -0.2) is 104 Å². The highest BCUT2D eigenvalue weighted by Crippen LogP contribution is 2.58. The Kier molecular flexibility index (Phi) is 10.2. The maximum atomic E-state index is 13.7. The monoisotopic (exact) mass is 786 g/mol. The van der Waals surface area contributed by atoms with Gasteiger partial charge in [-0.3, -0.25) is 9.79 Å². The molecule has 0 radical (unpaired) electrons. The molecule has 1 saturated carbocycles. The number of carbonyl (C=O) groups is 2. The zero-order valence-electron chi connectivity index (χ0n) is 30.5. The van der Waals surface area contributed by atoms with Gasteiger partial charge in [-0.25, -0.2) is 4.79 Å². The Hall–Kier alpha value is -5.98. The van der Waals surface area contributed by atoms with Crippen LogP contribution in [0.3, 0.4) is 0 Å². The molecule has 0 spiro atoms. The largest absolute Gasteiger partial charge is 0.508 e. The third-order valence-electron chi connectivity index (χ3n) is 11.3. The first-order valence-corrected chi connectivity index (χ1v) is 18.1. The van der Waals surface area contributed by atoms with Gasteiger partial charge >= 0.3 is 5.97 Å². The fourth-order valence-corrected chi connectivity index (χ4v) is 8.68. The van der Waals surface area contributed by atoms with E-state index in [4.69, 9.17) is 25.4 Å². The maximum Gasteiger partial charge on any atom is 0.335 e. The summed E-state index contributed by atoms with van der Waals surface area (Å²) in [6.07, 6.45) is -3.62. The first-order chi connectivity index (χ1) is 27.1. The highest BCUT2D eigenvalue weighted by Gasteiger charge is 2.58. The average molecular weight is 787 g/mol. The van der Waals surface area contributed by atoms with Crippen LogP contribution in [0.2, 0.25) is 0 Å². The summed E-state index contributed by atoms with van der Waals surface area (Å²) >= 11 is 0. The van der Waals surface area contributed by atoms with Crippen LogP contribution in [0.15, 0.2) is 68.8 Å². The Morgan fingerprint density at radius 1 is 1.05 bits per heavy atom. The van der Waals surface area contributed by atoms with Gasteiger partial charge in [0.15, 0.2) is 29.0 Å². The molecule has 1 saturated heterocycles. The van der Waals surface area contributed by atoms with E-state index >= 15 is 0 Å². The first kappa shape index (κ1) is 39.3. The van der Waals surface area contributed by atoms with Crippen LogP contribution < -0.4 is 26.9 Å². The number of benzene rings is 3. The first-order valence-electron chi connectivity index (χ1n) is 18.1. The number of aliphatic hydroxyl groups is 3. The highest BCUT2D eigenvalue weighted by molar-refractivity contribution is 5.95. The Bertz CT molecular complexity index is 2370. The molecule has 2 heterocycles. The van der Waals surface area contributed by atoms with Crippen LogP contribution in [-0.2, 0) is 14.3 Å². The number of aliphatic imine (C=N–C) groups is 1. The lowest BCUT2D eigenvalue weighted by Gasteiger charge is -2.49. The number of phenolic OH excluding ortho intramolecular Hbond substituents is 3. The van der Waals surface area contributed by atoms with Gasteiger partial charge in [0.1, 0.15) is 46.6 Å². The van der Waals surface area contributed by atoms with Gasteiger partial charge in [-0.1, -0.05) is 36.8 Å². The van der Waals surface area contributed by atoms with Crippen LogP contribution in [0, 0.1) is 11.3 Å². The molecule has 8 atom stereocenters. The molecule has 17 heteroatoms. The van der Waals surface area contributed by atoms with Gasteiger partial charge in [-0.05, 0) is 66.3 Å². The molecule has 2 aliphatic carbocycles. The molecule has 57 heavy (non-hydrogen) atoms. The SMILES string of the molecule is CNC[C@@]1(C=O)CCC[C@H]2c3ccccc3C=C(c3cc(O)ccc3-c3cc(=O)c4c(O)c(O)c(O[C@H]5O[C@H](C(=O)O)[C@@H](O)[C@@](O)(CN=C(N)N)[C@H]5O)cc4o3)[C@@H]21. The van der Waals surface area contributed by atoms with Crippen LogP contribution in [0.4, 0.5) is 0 Å². The third kappa shape index (κ3) is 6.62. The zero-order chi connectivity index (χ0) is 41.0. The maximum absolute atomic E-state index is 13.7. The van der Waals surface area contributed by atoms with E-state index in [-0.39, 0.29) is 28.9 Å². The Morgan fingerprint density at radius 2 is 1.81 bits per heavy atom. The molecule has 4 aromatic rings. The smallest absolute Gasteiger partial charge is 0.335 e. The number of aromatic hydroxyl groups is 3. The number of aliphatic carboxylic acids is 1. The van der Waals surface area contributed by atoms with E-state index in [0.717, 1.165) is 48.0 Å². The van der Waals surface area contributed by atoms with Crippen molar-refractivity contribution in [1.29, 1.82) is 0 Å². The summed E-state index contributed by atoms with van der Waals surface area (Å²) in [5.74, 6) is -5.55. The van der Waals surface area contributed by atoms with Crippen molar-refractivity contribution in [3.05, 3.63) is 81.5 Å². The molecule has 3 aliphatic rings. The molecule has 1 aliphatic heterocycles. The number of hydrogen-bond donors (Lipinski definition) is 10. The molecule has 7 rings (SSSR count). The number of nitrogens with zero attached hydrogens (tertiary/aromatic N) is 1. The van der Waals surface area contributed by atoms with Gasteiger partial charge in [0.05, 0.1) is 6.54 Å². The number of aldehydes is 1. The Morgan fingerprint density at radius 3 is 2.51 bits per heavy atom. The van der Waals surface area contributed by atoms with Gasteiger partial charge < -0.3 is 71.2 Å². The van der Waals surface area contributed by atoms with Gasteiger partial charge in [0.25, 0.3) is 0 Å². The second kappa shape index (κ2) is 14.8. The molecule has 12 N–H and O–H groups in total. The van der Waals surface area contributed by atoms with Crippen molar-refractivity contribution < 1.29 is 59.2 Å². The van der Waals surface area contributed by atoms with Gasteiger partial charge in [0.2, 0.25) is 12.0 Å². The van der Waals surface area contributed by atoms with E-state index < -0.39 is 82.2 Å². The minimum Gasteiger partial charge on any atom is -0.508 e. The fraction of sp³-hybridized carbons (Fsp3) is 0.350. The molecule has 0 unspecified atom stereocenters. The van der Waals surface area contributed by atoms with Gasteiger partial charge in [-0.2, -0.15) is 0 Å². The Balaban J connectivity index is 1.36. The molecular formula is C40H42N4O13. The summed E-state index contributed by atoms with van der Waals surface area (Å²) in [6.45, 7) is -0.501. The zero-order valence-corrected chi connectivity index (χ0v) is 30.5. The fourth-order valence-electron chi connectivity index (χ4n) is 8.68. The number of ether oxygens (including phenoxy) is 2. The second-order valence-corrected chi connectivity index (χ2v) is 14.7. The summed E-state index contributed by atoms with van der Waals surface area (Å²) in [6, 6.07) is 14.5. The lowest BCUT2D eigenvalue weighted by Crippen LogP contribution is -2.70. The quantitative estimate of drug-likeness (QED) is 0.0469. The summed E-state index contributed by atoms with van der Waals surface area (Å²) in [5, 5.41) is 78.3. The predicted molar refractivity (Wildman–Crippen MR) is 204 cm³/mol. The lowest BCUT2D eigenvalue weighted by atomic mass is 9.55. The van der Waals surface area contributed by atoms with Gasteiger partial charge in [-0.15, -0.1) is 0 Å². The predicted octanol–water partition coefficient (Wildman–Crippen LogP) is 1.33. The van der Waals surface area contributed by atoms with Crippen molar-refractivity contribution in [1.82, 2.24) is 5.32 Å².